The fourth-order valence-electron chi connectivity index (χ4n) is 5.43. The molecule has 0 aromatic heterocycles. The molecule has 0 saturated heterocycles. The normalized spacial score (nSPS) is 15.2. The van der Waals surface area contributed by atoms with Gasteiger partial charge in [0.15, 0.2) is 0 Å². The number of anilines is 2. The van der Waals surface area contributed by atoms with Crippen LogP contribution in [0.25, 0.3) is 11.1 Å². The molecule has 41 heavy (non-hydrogen) atoms. The van der Waals surface area contributed by atoms with E-state index in [2.05, 4.69) is 103 Å². The summed E-state index contributed by atoms with van der Waals surface area (Å²) in [5.74, 6) is 0.331. The lowest BCUT2D eigenvalue weighted by atomic mass is 9.96. The molecule has 5 nitrogen and oxygen atoms in total. The van der Waals surface area contributed by atoms with Gasteiger partial charge in [0.2, 0.25) is 5.91 Å². The third-order valence-corrected chi connectivity index (χ3v) is 8.03. The molecule has 5 rings (SSSR count). The molecule has 0 aliphatic heterocycles. The van der Waals surface area contributed by atoms with E-state index in [4.69, 9.17) is 0 Å². The van der Waals surface area contributed by atoms with E-state index in [1.807, 2.05) is 30.3 Å². The van der Waals surface area contributed by atoms with Crippen molar-refractivity contribution in [1.29, 1.82) is 0 Å². The van der Waals surface area contributed by atoms with E-state index in [-0.39, 0.29) is 17.5 Å². The Morgan fingerprint density at radius 2 is 1.54 bits per heavy atom. The Hall–Kier alpha value is -3.93. The monoisotopic (exact) mass is 547 g/mol. The second-order valence-corrected chi connectivity index (χ2v) is 11.6. The number of carbonyl (C=O) groups excluding carboxylic acids is 1. The van der Waals surface area contributed by atoms with Crippen molar-refractivity contribution < 1.29 is 9.90 Å². The van der Waals surface area contributed by atoms with Crippen LogP contribution in [-0.4, -0.2) is 29.7 Å². The Morgan fingerprint density at radius 1 is 0.829 bits per heavy atom. The summed E-state index contributed by atoms with van der Waals surface area (Å²) in [6.07, 6.45) is 1.93. The Labute approximate surface area is 244 Å². The minimum Gasteiger partial charge on any atom is -0.390 e. The van der Waals surface area contributed by atoms with Crippen LogP contribution in [0.5, 0.6) is 0 Å². The molecule has 1 saturated carbocycles. The Balaban J connectivity index is 1.21. The van der Waals surface area contributed by atoms with Crippen LogP contribution in [0.3, 0.4) is 0 Å². The SMILES string of the molecule is CC(=O)N[C@@H](Cc1ccc(Nc2cccc(-c3ccccc3)c2)cc1)[C@H](O)CNC1(c2cccc(C(C)C)c2)CC1. The molecule has 1 aliphatic rings. The van der Waals surface area contributed by atoms with Crippen molar-refractivity contribution in [2.45, 2.75) is 63.6 Å². The van der Waals surface area contributed by atoms with E-state index in [9.17, 15) is 9.90 Å². The third-order valence-electron chi connectivity index (χ3n) is 8.03. The van der Waals surface area contributed by atoms with Crippen molar-refractivity contribution in [3.63, 3.8) is 0 Å². The van der Waals surface area contributed by atoms with Crippen LogP contribution in [-0.2, 0) is 16.8 Å². The second kappa shape index (κ2) is 12.7. The maximum Gasteiger partial charge on any atom is 0.217 e. The van der Waals surface area contributed by atoms with Crippen LogP contribution in [0.2, 0.25) is 0 Å². The van der Waals surface area contributed by atoms with Gasteiger partial charge in [-0.05, 0) is 77.3 Å². The highest BCUT2D eigenvalue weighted by Crippen LogP contribution is 2.46. The van der Waals surface area contributed by atoms with Crippen molar-refractivity contribution in [3.8, 4) is 11.1 Å². The smallest absolute Gasteiger partial charge is 0.217 e. The molecule has 1 fully saturated rings. The highest BCUT2D eigenvalue weighted by molar-refractivity contribution is 5.73. The molecule has 0 heterocycles. The molecule has 0 spiro atoms. The van der Waals surface area contributed by atoms with Gasteiger partial charge < -0.3 is 21.1 Å². The highest BCUT2D eigenvalue weighted by atomic mass is 16.3. The molecule has 5 heteroatoms. The van der Waals surface area contributed by atoms with Crippen LogP contribution in [0.4, 0.5) is 11.4 Å². The molecule has 0 radical (unpaired) electrons. The molecule has 0 unspecified atom stereocenters. The van der Waals surface area contributed by atoms with Crippen LogP contribution < -0.4 is 16.0 Å². The number of carbonyl (C=O) groups is 1. The molecular weight excluding hydrogens is 506 g/mol. The van der Waals surface area contributed by atoms with Crippen molar-refractivity contribution in [3.05, 3.63) is 120 Å². The zero-order chi connectivity index (χ0) is 28.8. The van der Waals surface area contributed by atoms with Gasteiger partial charge >= 0.3 is 0 Å². The van der Waals surface area contributed by atoms with E-state index in [0.717, 1.165) is 35.3 Å². The first-order valence-corrected chi connectivity index (χ1v) is 14.6. The second-order valence-electron chi connectivity index (χ2n) is 11.6. The van der Waals surface area contributed by atoms with Gasteiger partial charge in [-0.1, -0.05) is 92.7 Å². The standard InChI is InChI=1S/C36H41N3O2/c1-25(2)29-11-7-13-31(22-29)36(19-20-36)37-24-35(41)34(38-26(3)40)21-27-15-17-32(18-16-27)39-33-14-8-12-30(23-33)28-9-5-4-6-10-28/h4-18,22-23,25,34-35,37,39,41H,19-21,24H2,1-3H3,(H,38,40)/t34-,35+/m0/s1. The van der Waals surface area contributed by atoms with Gasteiger partial charge in [-0.15, -0.1) is 0 Å². The lowest BCUT2D eigenvalue weighted by Crippen LogP contribution is -2.49. The van der Waals surface area contributed by atoms with E-state index in [1.165, 1.54) is 23.6 Å². The fraction of sp³-hybridized carbons (Fsp3) is 0.306. The van der Waals surface area contributed by atoms with Crippen molar-refractivity contribution in [2.75, 3.05) is 11.9 Å². The molecule has 4 aromatic carbocycles. The largest absolute Gasteiger partial charge is 0.390 e. The predicted molar refractivity (Wildman–Crippen MR) is 168 cm³/mol. The average molecular weight is 548 g/mol. The molecule has 0 bridgehead atoms. The zero-order valence-corrected chi connectivity index (χ0v) is 24.2. The first-order valence-electron chi connectivity index (χ1n) is 14.6. The number of benzene rings is 4. The molecular formula is C36H41N3O2. The number of amides is 1. The van der Waals surface area contributed by atoms with Crippen LogP contribution in [0, 0.1) is 0 Å². The number of hydrogen-bond donors (Lipinski definition) is 4. The van der Waals surface area contributed by atoms with Crippen molar-refractivity contribution in [1.82, 2.24) is 10.6 Å². The summed E-state index contributed by atoms with van der Waals surface area (Å²) in [5, 5.41) is 21.3. The fourth-order valence-corrected chi connectivity index (χ4v) is 5.43. The van der Waals surface area contributed by atoms with Gasteiger partial charge in [-0.3, -0.25) is 4.79 Å². The average Bonchev–Trinajstić information content (AvgIpc) is 3.78. The van der Waals surface area contributed by atoms with Gasteiger partial charge in [0.1, 0.15) is 0 Å². The summed E-state index contributed by atoms with van der Waals surface area (Å²) in [6.45, 7) is 6.33. The quantitative estimate of drug-likeness (QED) is 0.156. The van der Waals surface area contributed by atoms with E-state index in [0.29, 0.717) is 18.9 Å². The molecule has 1 amide bonds. The number of aliphatic hydroxyl groups excluding tert-OH is 1. The van der Waals surface area contributed by atoms with Crippen molar-refractivity contribution >= 4 is 17.3 Å². The van der Waals surface area contributed by atoms with Gasteiger partial charge in [-0.2, -0.15) is 0 Å². The maximum absolute atomic E-state index is 12.0. The zero-order valence-electron chi connectivity index (χ0n) is 24.2. The van der Waals surface area contributed by atoms with Crippen LogP contribution >= 0.6 is 0 Å². The summed E-state index contributed by atoms with van der Waals surface area (Å²) in [5.41, 5.74) is 7.92. The summed E-state index contributed by atoms with van der Waals surface area (Å²) in [4.78, 5) is 12.0. The van der Waals surface area contributed by atoms with Gasteiger partial charge in [-0.25, -0.2) is 0 Å². The molecule has 2 atom stereocenters. The maximum atomic E-state index is 12.0. The Kier molecular flexibility index (Phi) is 8.87. The van der Waals surface area contributed by atoms with Gasteiger partial charge in [0, 0.05) is 30.4 Å². The molecule has 1 aliphatic carbocycles. The number of hydrogen-bond acceptors (Lipinski definition) is 4. The first kappa shape index (κ1) is 28.6. The minimum absolute atomic E-state index is 0.0855. The third kappa shape index (κ3) is 7.43. The van der Waals surface area contributed by atoms with Gasteiger partial charge in [0.25, 0.3) is 0 Å². The lowest BCUT2D eigenvalue weighted by Gasteiger charge is -2.27. The van der Waals surface area contributed by atoms with E-state index in [1.54, 1.807) is 0 Å². The minimum atomic E-state index is -0.719. The molecule has 212 valence electrons. The summed E-state index contributed by atoms with van der Waals surface area (Å²) >= 11 is 0. The Bertz CT molecular complexity index is 1450. The van der Waals surface area contributed by atoms with E-state index >= 15 is 0 Å². The molecule has 4 N–H and O–H groups in total. The predicted octanol–water partition coefficient (Wildman–Crippen LogP) is 6.91. The Morgan fingerprint density at radius 3 is 2.22 bits per heavy atom. The first-order chi connectivity index (χ1) is 19.8. The highest BCUT2D eigenvalue weighted by Gasteiger charge is 2.44. The van der Waals surface area contributed by atoms with E-state index < -0.39 is 6.10 Å². The summed E-state index contributed by atoms with van der Waals surface area (Å²) < 4.78 is 0. The topological polar surface area (TPSA) is 73.4 Å². The number of rotatable bonds is 12. The lowest BCUT2D eigenvalue weighted by molar-refractivity contribution is -0.120. The van der Waals surface area contributed by atoms with Gasteiger partial charge in [0.05, 0.1) is 12.1 Å². The van der Waals surface area contributed by atoms with Crippen molar-refractivity contribution in [2.24, 2.45) is 0 Å². The summed E-state index contributed by atoms with van der Waals surface area (Å²) in [6, 6.07) is 35.3. The number of aliphatic hydroxyl groups is 1. The summed E-state index contributed by atoms with van der Waals surface area (Å²) in [7, 11) is 0. The number of nitrogens with one attached hydrogen (secondary N) is 3. The molecule has 4 aromatic rings. The van der Waals surface area contributed by atoms with Crippen LogP contribution in [0.15, 0.2) is 103 Å². The van der Waals surface area contributed by atoms with Crippen LogP contribution in [0.1, 0.15) is 56.2 Å².